The van der Waals surface area contributed by atoms with Gasteiger partial charge < -0.3 is 15.2 Å². The van der Waals surface area contributed by atoms with E-state index in [0.29, 0.717) is 40.5 Å². The van der Waals surface area contributed by atoms with Crippen LogP contribution in [-0.4, -0.2) is 44.0 Å². The van der Waals surface area contributed by atoms with Crippen molar-refractivity contribution in [3.63, 3.8) is 0 Å². The molecule has 2 heterocycles. The number of hydrazone groups is 1. The van der Waals surface area contributed by atoms with Crippen LogP contribution in [0.5, 0.6) is 11.5 Å². The molecule has 0 fully saturated rings. The summed E-state index contributed by atoms with van der Waals surface area (Å²) >= 11 is 0. The lowest BCUT2D eigenvalue weighted by atomic mass is 10.1. The van der Waals surface area contributed by atoms with E-state index in [2.05, 4.69) is 35.8 Å². The Kier molecular flexibility index (Phi) is 7.72. The summed E-state index contributed by atoms with van der Waals surface area (Å²) in [5.41, 5.74) is 10.6. The summed E-state index contributed by atoms with van der Waals surface area (Å²) in [6.07, 6.45) is 1.45. The van der Waals surface area contributed by atoms with Gasteiger partial charge in [0.1, 0.15) is 18.1 Å². The molecule has 0 bridgehead atoms. The predicted octanol–water partition coefficient (Wildman–Crippen LogP) is 3.78. The number of hydrogen-bond donors (Lipinski definition) is 2. The summed E-state index contributed by atoms with van der Waals surface area (Å²) in [5.74, 6) is 0.0897. The molecule has 0 atom stereocenters. The second-order valence-corrected chi connectivity index (χ2v) is 8.29. The Balaban J connectivity index is 1.33. The third kappa shape index (κ3) is 5.78. The summed E-state index contributed by atoms with van der Waals surface area (Å²) in [4.78, 5) is 13.1. The fourth-order valence-electron chi connectivity index (χ4n) is 3.77. The molecular formula is C27H23FN8O4. The van der Waals surface area contributed by atoms with Gasteiger partial charge in [0.15, 0.2) is 17.2 Å². The number of aromatic nitrogens is 5. The number of benzene rings is 3. The van der Waals surface area contributed by atoms with Crippen LogP contribution in [0.1, 0.15) is 28.5 Å². The Hall–Kier alpha value is -5.59. The fourth-order valence-corrected chi connectivity index (χ4v) is 3.77. The van der Waals surface area contributed by atoms with Gasteiger partial charge in [-0.3, -0.25) is 4.79 Å². The van der Waals surface area contributed by atoms with Crippen LogP contribution in [0.2, 0.25) is 0 Å². The van der Waals surface area contributed by atoms with Gasteiger partial charge in [-0.05, 0) is 58.7 Å². The molecule has 5 rings (SSSR count). The predicted molar refractivity (Wildman–Crippen MR) is 142 cm³/mol. The van der Waals surface area contributed by atoms with Crippen LogP contribution in [0.3, 0.4) is 0 Å². The van der Waals surface area contributed by atoms with Gasteiger partial charge in [-0.2, -0.15) is 9.78 Å². The van der Waals surface area contributed by atoms with Crippen molar-refractivity contribution in [2.24, 2.45) is 5.10 Å². The van der Waals surface area contributed by atoms with E-state index >= 15 is 0 Å². The van der Waals surface area contributed by atoms with E-state index in [1.165, 1.54) is 23.0 Å². The molecule has 3 aromatic carbocycles. The molecule has 0 aliphatic carbocycles. The zero-order valence-corrected chi connectivity index (χ0v) is 21.2. The van der Waals surface area contributed by atoms with Crippen molar-refractivity contribution in [2.75, 3.05) is 12.3 Å². The topological polar surface area (TPSA) is 156 Å². The SMILES string of the molecule is CCOc1cc(C=NNC(=O)c2nnn(-c3nonc3N)c2-c2ccccc2)ccc1OCc1cccc(F)c1. The van der Waals surface area contributed by atoms with Crippen molar-refractivity contribution < 1.29 is 23.3 Å². The van der Waals surface area contributed by atoms with Crippen LogP contribution in [0, 0.1) is 5.82 Å². The fraction of sp³-hybridized carbons (Fsp3) is 0.111. The first-order chi connectivity index (χ1) is 19.5. The van der Waals surface area contributed by atoms with E-state index in [1.54, 1.807) is 54.6 Å². The summed E-state index contributed by atoms with van der Waals surface area (Å²) in [6.45, 7) is 2.41. The van der Waals surface area contributed by atoms with Crippen LogP contribution in [-0.2, 0) is 6.61 Å². The normalized spacial score (nSPS) is 11.1. The molecule has 0 aliphatic heterocycles. The molecule has 0 saturated heterocycles. The lowest BCUT2D eigenvalue weighted by molar-refractivity contribution is 0.0950. The van der Waals surface area contributed by atoms with Gasteiger partial charge in [-0.1, -0.05) is 47.7 Å². The maximum absolute atomic E-state index is 13.5. The lowest BCUT2D eigenvalue weighted by Gasteiger charge is -2.12. The molecule has 0 spiro atoms. The van der Waals surface area contributed by atoms with Gasteiger partial charge in [-0.15, -0.1) is 5.10 Å². The molecule has 2 aromatic heterocycles. The van der Waals surface area contributed by atoms with E-state index in [-0.39, 0.29) is 29.8 Å². The van der Waals surface area contributed by atoms with Crippen molar-refractivity contribution in [3.8, 4) is 28.6 Å². The third-order valence-electron chi connectivity index (χ3n) is 5.56. The number of carbonyl (C=O) groups is 1. The molecule has 13 heteroatoms. The lowest BCUT2D eigenvalue weighted by Crippen LogP contribution is -2.19. The summed E-state index contributed by atoms with van der Waals surface area (Å²) < 4.78 is 31.0. The summed E-state index contributed by atoms with van der Waals surface area (Å²) in [5, 5.41) is 19.4. The zero-order chi connectivity index (χ0) is 27.9. The van der Waals surface area contributed by atoms with Gasteiger partial charge in [-0.25, -0.2) is 14.4 Å². The smallest absolute Gasteiger partial charge is 0.294 e. The Morgan fingerprint density at radius 1 is 1.07 bits per heavy atom. The number of ether oxygens (including phenoxy) is 2. The minimum Gasteiger partial charge on any atom is -0.490 e. The van der Waals surface area contributed by atoms with Gasteiger partial charge >= 0.3 is 0 Å². The highest BCUT2D eigenvalue weighted by molar-refractivity contribution is 5.98. The van der Waals surface area contributed by atoms with Crippen molar-refractivity contribution in [3.05, 3.63) is 95.4 Å². The highest BCUT2D eigenvalue weighted by Gasteiger charge is 2.25. The first-order valence-corrected chi connectivity index (χ1v) is 12.1. The number of anilines is 1. The van der Waals surface area contributed by atoms with Crippen LogP contribution in [0.4, 0.5) is 10.2 Å². The molecular weight excluding hydrogens is 519 g/mol. The van der Waals surface area contributed by atoms with E-state index in [4.69, 9.17) is 15.2 Å². The Labute approximate surface area is 227 Å². The van der Waals surface area contributed by atoms with Crippen LogP contribution >= 0.6 is 0 Å². The molecule has 40 heavy (non-hydrogen) atoms. The largest absolute Gasteiger partial charge is 0.490 e. The number of halogens is 1. The highest BCUT2D eigenvalue weighted by Crippen LogP contribution is 2.29. The molecule has 202 valence electrons. The Bertz CT molecular complexity index is 1650. The molecule has 0 saturated carbocycles. The highest BCUT2D eigenvalue weighted by atomic mass is 19.1. The number of carbonyl (C=O) groups excluding carboxylic acids is 1. The molecule has 3 N–H and O–H groups in total. The number of rotatable bonds is 10. The molecule has 12 nitrogen and oxygen atoms in total. The van der Waals surface area contributed by atoms with Crippen molar-refractivity contribution in [2.45, 2.75) is 13.5 Å². The molecule has 0 unspecified atom stereocenters. The van der Waals surface area contributed by atoms with E-state index < -0.39 is 5.91 Å². The minimum atomic E-state index is -0.614. The summed E-state index contributed by atoms with van der Waals surface area (Å²) in [7, 11) is 0. The van der Waals surface area contributed by atoms with Gasteiger partial charge in [0.25, 0.3) is 5.91 Å². The van der Waals surface area contributed by atoms with Gasteiger partial charge in [0.2, 0.25) is 11.6 Å². The molecule has 1 amide bonds. The number of nitrogen functional groups attached to an aromatic ring is 1. The Morgan fingerprint density at radius 2 is 1.93 bits per heavy atom. The Morgan fingerprint density at radius 3 is 2.67 bits per heavy atom. The average Bonchev–Trinajstić information content (AvgIpc) is 3.59. The van der Waals surface area contributed by atoms with E-state index in [9.17, 15) is 9.18 Å². The second kappa shape index (κ2) is 11.9. The third-order valence-corrected chi connectivity index (χ3v) is 5.56. The van der Waals surface area contributed by atoms with Crippen molar-refractivity contribution >= 4 is 17.9 Å². The van der Waals surface area contributed by atoms with Gasteiger partial charge in [0, 0.05) is 5.56 Å². The number of nitrogens with one attached hydrogen (secondary N) is 1. The molecule has 0 aliphatic rings. The second-order valence-electron chi connectivity index (χ2n) is 8.29. The first-order valence-electron chi connectivity index (χ1n) is 12.1. The maximum Gasteiger partial charge on any atom is 0.294 e. The monoisotopic (exact) mass is 542 g/mol. The van der Waals surface area contributed by atoms with Crippen LogP contribution in [0.25, 0.3) is 17.1 Å². The minimum absolute atomic E-state index is 0.0122. The molecule has 5 aromatic rings. The van der Waals surface area contributed by atoms with E-state index in [1.807, 2.05) is 13.0 Å². The average molecular weight is 543 g/mol. The zero-order valence-electron chi connectivity index (χ0n) is 21.2. The van der Waals surface area contributed by atoms with Crippen molar-refractivity contribution in [1.82, 2.24) is 30.7 Å². The number of hydrogen-bond acceptors (Lipinski definition) is 10. The molecule has 0 radical (unpaired) electrons. The van der Waals surface area contributed by atoms with Gasteiger partial charge in [0.05, 0.1) is 12.8 Å². The maximum atomic E-state index is 13.5. The number of amides is 1. The number of nitrogens with zero attached hydrogens (tertiary/aromatic N) is 6. The van der Waals surface area contributed by atoms with E-state index in [0.717, 1.165) is 0 Å². The first kappa shape index (κ1) is 26.0. The standard InChI is InChI=1S/C27H23FN8O4/c1-2-38-22-14-17(11-12-21(22)39-16-18-7-6-10-20(28)13-18)15-30-32-27(37)23-24(19-8-4-3-5-9-19)36(35-31-23)26-25(29)33-40-34-26/h3-15H,2,16H2,1H3,(H2,29,33)(H,32,37). The summed E-state index contributed by atoms with van der Waals surface area (Å²) in [6, 6.07) is 20.3. The quantitative estimate of drug-likeness (QED) is 0.198. The van der Waals surface area contributed by atoms with Crippen LogP contribution in [0.15, 0.2) is 82.5 Å². The van der Waals surface area contributed by atoms with Crippen LogP contribution < -0.4 is 20.6 Å². The number of nitrogens with two attached hydrogens (primary N) is 1. The van der Waals surface area contributed by atoms with Crippen molar-refractivity contribution in [1.29, 1.82) is 0 Å².